The van der Waals surface area contributed by atoms with Gasteiger partial charge in [0, 0.05) is 6.54 Å². The van der Waals surface area contributed by atoms with E-state index in [2.05, 4.69) is 44.3 Å². The molecule has 0 bridgehead atoms. The Labute approximate surface area is 110 Å². The standard InChI is InChI=1S/C14H21NO.ClH/c1-14(2,3)12-6-4-5-7-13(12)16-11-8-9-15-10-11;/h4-7,11,15H,8-10H2,1-3H3;1H. The maximum Gasteiger partial charge on any atom is 0.123 e. The molecule has 1 atom stereocenters. The molecule has 2 rings (SSSR count). The van der Waals surface area contributed by atoms with E-state index in [0.717, 1.165) is 25.3 Å². The van der Waals surface area contributed by atoms with E-state index in [4.69, 9.17) is 4.74 Å². The van der Waals surface area contributed by atoms with E-state index >= 15 is 0 Å². The van der Waals surface area contributed by atoms with Gasteiger partial charge in [0.1, 0.15) is 11.9 Å². The molecule has 2 nitrogen and oxygen atoms in total. The number of hydrogen-bond acceptors (Lipinski definition) is 2. The zero-order valence-corrected chi connectivity index (χ0v) is 11.6. The average molecular weight is 256 g/mol. The lowest BCUT2D eigenvalue weighted by Gasteiger charge is -2.24. The van der Waals surface area contributed by atoms with Crippen molar-refractivity contribution in [3.63, 3.8) is 0 Å². The highest BCUT2D eigenvalue weighted by Gasteiger charge is 2.22. The lowest BCUT2D eigenvalue weighted by atomic mass is 9.86. The van der Waals surface area contributed by atoms with Crippen LogP contribution in [0, 0.1) is 0 Å². The molecule has 1 aromatic rings. The van der Waals surface area contributed by atoms with E-state index in [1.54, 1.807) is 0 Å². The molecular weight excluding hydrogens is 234 g/mol. The molecule has 1 aliphatic rings. The van der Waals surface area contributed by atoms with Crippen LogP contribution in [0.3, 0.4) is 0 Å². The van der Waals surface area contributed by atoms with Crippen LogP contribution in [-0.4, -0.2) is 19.2 Å². The topological polar surface area (TPSA) is 21.3 Å². The molecule has 0 spiro atoms. The van der Waals surface area contributed by atoms with E-state index in [9.17, 15) is 0 Å². The van der Waals surface area contributed by atoms with Crippen LogP contribution in [0.1, 0.15) is 32.8 Å². The van der Waals surface area contributed by atoms with Crippen molar-refractivity contribution in [2.24, 2.45) is 0 Å². The van der Waals surface area contributed by atoms with Crippen molar-refractivity contribution in [1.29, 1.82) is 0 Å². The second-order valence-corrected chi connectivity index (χ2v) is 5.48. The lowest BCUT2D eigenvalue weighted by Crippen LogP contribution is -2.22. The maximum atomic E-state index is 6.07. The Morgan fingerprint density at radius 1 is 1.24 bits per heavy atom. The zero-order chi connectivity index (χ0) is 11.6. The molecule has 1 unspecified atom stereocenters. The molecule has 1 fully saturated rings. The van der Waals surface area contributed by atoms with Crippen LogP contribution in [0.4, 0.5) is 0 Å². The van der Waals surface area contributed by atoms with Gasteiger partial charge in [-0.05, 0) is 30.0 Å². The van der Waals surface area contributed by atoms with Gasteiger partial charge in [0.25, 0.3) is 0 Å². The molecule has 17 heavy (non-hydrogen) atoms. The van der Waals surface area contributed by atoms with Crippen molar-refractivity contribution in [3.05, 3.63) is 29.8 Å². The molecule has 1 N–H and O–H groups in total. The number of rotatable bonds is 2. The zero-order valence-electron chi connectivity index (χ0n) is 10.8. The Bertz CT molecular complexity index is 353. The summed E-state index contributed by atoms with van der Waals surface area (Å²) in [5.41, 5.74) is 1.43. The Balaban J connectivity index is 0.00000144. The van der Waals surface area contributed by atoms with E-state index < -0.39 is 0 Å². The van der Waals surface area contributed by atoms with Crippen molar-refractivity contribution in [2.45, 2.75) is 38.7 Å². The minimum absolute atomic E-state index is 0. The van der Waals surface area contributed by atoms with Crippen molar-refractivity contribution in [2.75, 3.05) is 13.1 Å². The smallest absolute Gasteiger partial charge is 0.123 e. The highest BCUT2D eigenvalue weighted by Crippen LogP contribution is 2.31. The summed E-state index contributed by atoms with van der Waals surface area (Å²) in [6.07, 6.45) is 1.45. The van der Waals surface area contributed by atoms with Gasteiger partial charge in [0.2, 0.25) is 0 Å². The highest BCUT2D eigenvalue weighted by atomic mass is 35.5. The third kappa shape index (κ3) is 3.62. The van der Waals surface area contributed by atoms with Gasteiger partial charge in [0.05, 0.1) is 0 Å². The third-order valence-corrected chi connectivity index (χ3v) is 3.00. The van der Waals surface area contributed by atoms with Gasteiger partial charge in [-0.25, -0.2) is 0 Å². The van der Waals surface area contributed by atoms with Crippen LogP contribution in [0.25, 0.3) is 0 Å². The van der Waals surface area contributed by atoms with E-state index in [1.807, 2.05) is 6.07 Å². The molecule has 0 amide bonds. The molecule has 1 aliphatic heterocycles. The van der Waals surface area contributed by atoms with Crippen molar-refractivity contribution in [1.82, 2.24) is 5.32 Å². The molecule has 96 valence electrons. The van der Waals surface area contributed by atoms with Gasteiger partial charge in [-0.15, -0.1) is 12.4 Å². The third-order valence-electron chi connectivity index (χ3n) is 3.00. The first-order chi connectivity index (χ1) is 7.57. The Kier molecular flexibility index (Phi) is 4.84. The highest BCUT2D eigenvalue weighted by molar-refractivity contribution is 5.85. The Morgan fingerprint density at radius 2 is 1.94 bits per heavy atom. The summed E-state index contributed by atoms with van der Waals surface area (Å²) in [6.45, 7) is 8.72. The maximum absolute atomic E-state index is 6.07. The van der Waals surface area contributed by atoms with Crippen molar-refractivity contribution < 1.29 is 4.74 Å². The summed E-state index contributed by atoms with van der Waals surface area (Å²) in [5.74, 6) is 1.05. The molecule has 0 radical (unpaired) electrons. The van der Waals surface area contributed by atoms with Crippen molar-refractivity contribution in [3.8, 4) is 5.75 Å². The van der Waals surface area contributed by atoms with E-state index in [0.29, 0.717) is 6.10 Å². The Hall–Kier alpha value is -0.730. The molecule has 0 saturated carbocycles. The number of nitrogens with one attached hydrogen (secondary N) is 1. The second-order valence-electron chi connectivity index (χ2n) is 5.48. The van der Waals surface area contributed by atoms with Gasteiger partial charge in [-0.2, -0.15) is 0 Å². The number of hydrogen-bond donors (Lipinski definition) is 1. The molecule has 1 aromatic carbocycles. The first-order valence-electron chi connectivity index (χ1n) is 6.04. The quantitative estimate of drug-likeness (QED) is 0.877. The van der Waals surface area contributed by atoms with Crippen molar-refractivity contribution >= 4 is 12.4 Å². The van der Waals surface area contributed by atoms with Crippen LogP contribution in [0.2, 0.25) is 0 Å². The first kappa shape index (κ1) is 14.3. The van der Waals surface area contributed by atoms with Gasteiger partial charge in [0.15, 0.2) is 0 Å². The monoisotopic (exact) mass is 255 g/mol. The van der Waals surface area contributed by atoms with E-state index in [-0.39, 0.29) is 17.8 Å². The second kappa shape index (κ2) is 5.74. The van der Waals surface area contributed by atoms with Crippen LogP contribution in [-0.2, 0) is 5.41 Å². The predicted molar refractivity (Wildman–Crippen MR) is 74.3 cm³/mol. The van der Waals surface area contributed by atoms with Gasteiger partial charge >= 0.3 is 0 Å². The summed E-state index contributed by atoms with van der Waals surface area (Å²) in [7, 11) is 0. The van der Waals surface area contributed by atoms with Gasteiger partial charge in [-0.1, -0.05) is 39.0 Å². The summed E-state index contributed by atoms with van der Waals surface area (Å²) >= 11 is 0. The number of ether oxygens (including phenoxy) is 1. The molecule has 0 aromatic heterocycles. The molecule has 1 heterocycles. The molecule has 0 aliphatic carbocycles. The minimum atomic E-state index is 0. The molecule has 1 saturated heterocycles. The summed E-state index contributed by atoms with van der Waals surface area (Å²) in [6, 6.07) is 8.38. The minimum Gasteiger partial charge on any atom is -0.489 e. The average Bonchev–Trinajstić information content (AvgIpc) is 2.70. The molecular formula is C14H22ClNO. The fourth-order valence-corrected chi connectivity index (χ4v) is 2.10. The number of halogens is 1. The van der Waals surface area contributed by atoms with Crippen LogP contribution < -0.4 is 10.1 Å². The van der Waals surface area contributed by atoms with Gasteiger partial charge < -0.3 is 10.1 Å². The lowest BCUT2D eigenvalue weighted by molar-refractivity contribution is 0.218. The fraction of sp³-hybridized carbons (Fsp3) is 0.571. The summed E-state index contributed by atoms with van der Waals surface area (Å²) in [4.78, 5) is 0. The van der Waals surface area contributed by atoms with Crippen LogP contribution >= 0.6 is 12.4 Å². The number of para-hydroxylation sites is 1. The molecule has 3 heteroatoms. The SMILES string of the molecule is CC(C)(C)c1ccccc1OC1CCNC1.Cl. The first-order valence-corrected chi connectivity index (χ1v) is 6.04. The summed E-state index contributed by atoms with van der Waals surface area (Å²) < 4.78 is 6.07. The number of benzene rings is 1. The predicted octanol–water partition coefficient (Wildman–Crippen LogP) is 3.15. The summed E-state index contributed by atoms with van der Waals surface area (Å²) in [5, 5.41) is 3.33. The fourth-order valence-electron chi connectivity index (χ4n) is 2.10. The largest absolute Gasteiger partial charge is 0.489 e. The van der Waals surface area contributed by atoms with Gasteiger partial charge in [-0.3, -0.25) is 0 Å². The van der Waals surface area contributed by atoms with Crippen LogP contribution in [0.5, 0.6) is 5.75 Å². The Morgan fingerprint density at radius 3 is 2.53 bits per heavy atom. The van der Waals surface area contributed by atoms with Crippen LogP contribution in [0.15, 0.2) is 24.3 Å². The van der Waals surface area contributed by atoms with E-state index in [1.165, 1.54) is 5.56 Å². The normalized spacial score (nSPS) is 19.8.